The number of ether oxygens (including phenoxy) is 1. The molecule has 0 amide bonds. The van der Waals surface area contributed by atoms with Crippen molar-refractivity contribution in [2.45, 2.75) is 33.6 Å². The van der Waals surface area contributed by atoms with Crippen molar-refractivity contribution in [3.05, 3.63) is 54.1 Å². The molecule has 0 unspecified atom stereocenters. The fourth-order valence-electron chi connectivity index (χ4n) is 1.82. The number of benzene rings is 2. The Balaban J connectivity index is 0.00000106. The van der Waals surface area contributed by atoms with Crippen LogP contribution in [-0.2, 0) is 0 Å². The molecule has 110 valence electrons. The van der Waals surface area contributed by atoms with Crippen molar-refractivity contribution in [2.24, 2.45) is 0 Å². The van der Waals surface area contributed by atoms with E-state index in [1.807, 2.05) is 62.4 Å². The van der Waals surface area contributed by atoms with E-state index in [0.717, 1.165) is 36.3 Å². The van der Waals surface area contributed by atoms with Gasteiger partial charge < -0.3 is 4.74 Å². The van der Waals surface area contributed by atoms with Crippen LogP contribution in [0.25, 0.3) is 11.1 Å². The molecule has 21 heavy (non-hydrogen) atoms. The second kappa shape index (κ2) is 9.61. The first-order chi connectivity index (χ1) is 10.3. The summed E-state index contributed by atoms with van der Waals surface area (Å²) in [6, 6.07) is 17.8. The summed E-state index contributed by atoms with van der Waals surface area (Å²) in [5, 5.41) is 8.77. The Kier molecular flexibility index (Phi) is 7.68. The van der Waals surface area contributed by atoms with E-state index in [9.17, 15) is 0 Å². The fraction of sp³-hybridized carbons (Fsp3) is 0.316. The zero-order chi connectivity index (χ0) is 15.5. The Hall–Kier alpha value is -2.27. The lowest BCUT2D eigenvalue weighted by Crippen LogP contribution is -1.95. The van der Waals surface area contributed by atoms with Gasteiger partial charge in [-0.05, 0) is 41.8 Å². The maximum atomic E-state index is 8.77. The maximum absolute atomic E-state index is 8.77. The first kappa shape index (κ1) is 16.8. The predicted octanol–water partition coefficient (Wildman–Crippen LogP) is 5.43. The molecule has 0 saturated carbocycles. The summed E-state index contributed by atoms with van der Waals surface area (Å²) in [4.78, 5) is 0. The van der Waals surface area contributed by atoms with Gasteiger partial charge in [-0.2, -0.15) is 5.26 Å². The summed E-state index contributed by atoms with van der Waals surface area (Å²) in [6.45, 7) is 6.92. The topological polar surface area (TPSA) is 33.0 Å². The van der Waals surface area contributed by atoms with E-state index >= 15 is 0 Å². The number of hydrogen-bond acceptors (Lipinski definition) is 2. The Morgan fingerprint density at radius 2 is 1.43 bits per heavy atom. The van der Waals surface area contributed by atoms with Crippen molar-refractivity contribution in [3.8, 4) is 22.9 Å². The lowest BCUT2D eigenvalue weighted by Gasteiger charge is -2.06. The minimum Gasteiger partial charge on any atom is -0.494 e. The van der Waals surface area contributed by atoms with Crippen LogP contribution in [0.1, 0.15) is 39.2 Å². The van der Waals surface area contributed by atoms with Gasteiger partial charge in [-0.3, -0.25) is 0 Å². The molecule has 0 aromatic heterocycles. The van der Waals surface area contributed by atoms with Gasteiger partial charge in [0.15, 0.2) is 0 Å². The molecule has 0 fully saturated rings. The fourth-order valence-corrected chi connectivity index (χ4v) is 1.82. The summed E-state index contributed by atoms with van der Waals surface area (Å²) >= 11 is 0. The molecule has 0 aliphatic rings. The molecular formula is C19H23NO. The highest BCUT2D eigenvalue weighted by Crippen LogP contribution is 2.22. The van der Waals surface area contributed by atoms with Crippen molar-refractivity contribution >= 4 is 0 Å². The number of nitrogens with zero attached hydrogens (tertiary/aromatic N) is 1. The summed E-state index contributed by atoms with van der Waals surface area (Å²) in [5.74, 6) is 0.908. The molecular weight excluding hydrogens is 258 g/mol. The van der Waals surface area contributed by atoms with E-state index in [2.05, 4.69) is 13.0 Å². The van der Waals surface area contributed by atoms with Crippen LogP contribution in [0.4, 0.5) is 0 Å². The van der Waals surface area contributed by atoms with Gasteiger partial charge in [-0.15, -0.1) is 0 Å². The summed E-state index contributed by atoms with van der Waals surface area (Å²) in [7, 11) is 0. The first-order valence-corrected chi connectivity index (χ1v) is 7.57. The van der Waals surface area contributed by atoms with Crippen molar-refractivity contribution in [3.63, 3.8) is 0 Å². The molecule has 2 rings (SSSR count). The molecule has 2 aromatic rings. The van der Waals surface area contributed by atoms with Crippen molar-refractivity contribution in [2.75, 3.05) is 6.61 Å². The highest BCUT2D eigenvalue weighted by molar-refractivity contribution is 5.64. The van der Waals surface area contributed by atoms with Crippen LogP contribution in [0.15, 0.2) is 48.5 Å². The molecule has 0 spiro atoms. The minimum absolute atomic E-state index is 0.684. The number of hydrogen-bond donors (Lipinski definition) is 0. The molecule has 0 heterocycles. The SMILES string of the molecule is CC.CCCCOc1ccc(-c2ccc(C#N)cc2)cc1. The van der Waals surface area contributed by atoms with Gasteiger partial charge in [-0.25, -0.2) is 0 Å². The molecule has 2 heteroatoms. The van der Waals surface area contributed by atoms with Gasteiger partial charge in [0.25, 0.3) is 0 Å². The van der Waals surface area contributed by atoms with Crippen molar-refractivity contribution in [1.29, 1.82) is 5.26 Å². The third-order valence-electron chi connectivity index (χ3n) is 2.97. The van der Waals surface area contributed by atoms with Crippen molar-refractivity contribution in [1.82, 2.24) is 0 Å². The average Bonchev–Trinajstić information content (AvgIpc) is 2.58. The second-order valence-electron chi connectivity index (χ2n) is 4.42. The van der Waals surface area contributed by atoms with E-state index < -0.39 is 0 Å². The second-order valence-corrected chi connectivity index (χ2v) is 4.42. The number of unbranched alkanes of at least 4 members (excludes halogenated alkanes) is 1. The third-order valence-corrected chi connectivity index (χ3v) is 2.97. The quantitative estimate of drug-likeness (QED) is 0.684. The lowest BCUT2D eigenvalue weighted by molar-refractivity contribution is 0.309. The molecule has 0 atom stereocenters. The Morgan fingerprint density at radius 1 is 0.905 bits per heavy atom. The highest BCUT2D eigenvalue weighted by atomic mass is 16.5. The van der Waals surface area contributed by atoms with E-state index in [0.29, 0.717) is 5.56 Å². The molecule has 0 bridgehead atoms. The first-order valence-electron chi connectivity index (χ1n) is 7.57. The maximum Gasteiger partial charge on any atom is 0.119 e. The van der Waals surface area contributed by atoms with Crippen LogP contribution in [0, 0.1) is 11.3 Å². The van der Waals surface area contributed by atoms with E-state index in [1.54, 1.807) is 0 Å². The van der Waals surface area contributed by atoms with Crippen LogP contribution in [0.2, 0.25) is 0 Å². The number of nitriles is 1. The van der Waals surface area contributed by atoms with Crippen LogP contribution in [-0.4, -0.2) is 6.61 Å². The van der Waals surface area contributed by atoms with Crippen LogP contribution >= 0.6 is 0 Å². The van der Waals surface area contributed by atoms with Crippen LogP contribution in [0.3, 0.4) is 0 Å². The molecule has 0 aliphatic heterocycles. The summed E-state index contributed by atoms with van der Waals surface area (Å²) in [5.41, 5.74) is 2.93. The van der Waals surface area contributed by atoms with Crippen LogP contribution in [0.5, 0.6) is 5.75 Å². The molecule has 2 aromatic carbocycles. The third kappa shape index (κ3) is 5.31. The summed E-state index contributed by atoms with van der Waals surface area (Å²) in [6.07, 6.45) is 2.22. The van der Waals surface area contributed by atoms with E-state index in [4.69, 9.17) is 10.00 Å². The van der Waals surface area contributed by atoms with Gasteiger partial charge in [0.2, 0.25) is 0 Å². The van der Waals surface area contributed by atoms with Gasteiger partial charge in [-0.1, -0.05) is 51.5 Å². The van der Waals surface area contributed by atoms with E-state index in [-0.39, 0.29) is 0 Å². The Labute approximate surface area is 128 Å². The van der Waals surface area contributed by atoms with Gasteiger partial charge >= 0.3 is 0 Å². The van der Waals surface area contributed by atoms with Crippen molar-refractivity contribution < 1.29 is 4.74 Å². The van der Waals surface area contributed by atoms with Gasteiger partial charge in [0.1, 0.15) is 5.75 Å². The highest BCUT2D eigenvalue weighted by Gasteiger charge is 1.99. The lowest BCUT2D eigenvalue weighted by atomic mass is 10.0. The van der Waals surface area contributed by atoms with Gasteiger partial charge in [0, 0.05) is 0 Å². The Bertz CT molecular complexity index is 550. The molecule has 0 radical (unpaired) electrons. The minimum atomic E-state index is 0.684. The smallest absolute Gasteiger partial charge is 0.119 e. The molecule has 0 N–H and O–H groups in total. The van der Waals surface area contributed by atoms with Gasteiger partial charge in [0.05, 0.1) is 18.2 Å². The largest absolute Gasteiger partial charge is 0.494 e. The molecule has 2 nitrogen and oxygen atoms in total. The zero-order valence-corrected chi connectivity index (χ0v) is 13.1. The molecule has 0 saturated heterocycles. The van der Waals surface area contributed by atoms with Crippen LogP contribution < -0.4 is 4.74 Å². The summed E-state index contributed by atoms with van der Waals surface area (Å²) < 4.78 is 5.63. The Morgan fingerprint density at radius 3 is 1.90 bits per heavy atom. The zero-order valence-electron chi connectivity index (χ0n) is 13.1. The number of rotatable bonds is 5. The predicted molar refractivity (Wildman–Crippen MR) is 88.3 cm³/mol. The normalized spacial score (nSPS) is 9.24. The molecule has 0 aliphatic carbocycles. The monoisotopic (exact) mass is 281 g/mol. The standard InChI is InChI=1S/C17H17NO.C2H6/c1-2-3-12-19-17-10-8-16(9-11-17)15-6-4-14(13-18)5-7-15;1-2/h4-11H,2-3,12H2,1H3;1-2H3. The average molecular weight is 281 g/mol. The van der Waals surface area contributed by atoms with E-state index in [1.165, 1.54) is 0 Å².